The smallest absolute Gasteiger partial charge is 0.307 e. The van der Waals surface area contributed by atoms with E-state index in [0.717, 1.165) is 72.9 Å². The fraction of sp³-hybridized carbons (Fsp3) is 0.429. The first kappa shape index (κ1) is 30.3. The van der Waals surface area contributed by atoms with E-state index in [2.05, 4.69) is 23.6 Å². The van der Waals surface area contributed by atoms with Gasteiger partial charge in [0.15, 0.2) is 5.60 Å². The van der Waals surface area contributed by atoms with Crippen molar-refractivity contribution in [1.29, 1.82) is 0 Å². The number of anilines is 1. The van der Waals surface area contributed by atoms with Crippen molar-refractivity contribution in [2.24, 2.45) is 11.1 Å². The van der Waals surface area contributed by atoms with Crippen LogP contribution < -0.4 is 16.4 Å². The number of esters is 1. The first-order chi connectivity index (χ1) is 19.9. The first-order valence-electron chi connectivity index (χ1n) is 15.0. The van der Waals surface area contributed by atoms with Crippen molar-refractivity contribution in [2.45, 2.75) is 70.3 Å². The van der Waals surface area contributed by atoms with Crippen molar-refractivity contribution >= 4 is 17.6 Å². The molecule has 41 heavy (non-hydrogen) atoms. The van der Waals surface area contributed by atoms with Gasteiger partial charge in [0.1, 0.15) is 0 Å². The van der Waals surface area contributed by atoms with Crippen molar-refractivity contribution in [2.75, 3.05) is 25.5 Å². The lowest BCUT2D eigenvalue weighted by atomic mass is 9.77. The van der Waals surface area contributed by atoms with Gasteiger partial charge in [0.25, 0.3) is 0 Å². The molecular weight excluding hydrogens is 510 g/mol. The number of rotatable bonds is 14. The molecule has 0 spiro atoms. The summed E-state index contributed by atoms with van der Waals surface area (Å²) in [7, 11) is 1.89. The Kier molecular flexibility index (Phi) is 10.6. The molecule has 218 valence electrons. The van der Waals surface area contributed by atoms with Gasteiger partial charge in [0.05, 0.1) is 6.42 Å². The normalized spacial score (nSPS) is 15.6. The summed E-state index contributed by atoms with van der Waals surface area (Å²) in [5.41, 5.74) is 8.76. The minimum absolute atomic E-state index is 0.0170. The second-order valence-corrected chi connectivity index (χ2v) is 11.4. The molecule has 4 rings (SSSR count). The third kappa shape index (κ3) is 7.36. The average molecular weight is 556 g/mol. The lowest BCUT2D eigenvalue weighted by Gasteiger charge is -2.38. The maximum Gasteiger partial charge on any atom is 0.307 e. The molecular formula is C35H45N3O3. The number of nitrogens with one attached hydrogen (secondary N) is 2. The van der Waals surface area contributed by atoms with E-state index in [-0.39, 0.29) is 23.7 Å². The molecule has 0 heterocycles. The summed E-state index contributed by atoms with van der Waals surface area (Å²) in [5.74, 6) is -0.268. The van der Waals surface area contributed by atoms with E-state index in [1.165, 1.54) is 0 Å². The predicted octanol–water partition coefficient (Wildman–Crippen LogP) is 6.46. The van der Waals surface area contributed by atoms with Crippen molar-refractivity contribution in [3.63, 3.8) is 0 Å². The Morgan fingerprint density at radius 3 is 2.17 bits per heavy atom. The maximum absolute atomic E-state index is 14.1. The molecule has 0 aromatic heterocycles. The summed E-state index contributed by atoms with van der Waals surface area (Å²) in [6.07, 6.45) is 7.18. The quantitative estimate of drug-likeness (QED) is 0.121. The molecule has 0 radical (unpaired) electrons. The van der Waals surface area contributed by atoms with Gasteiger partial charge in [-0.25, -0.2) is 0 Å². The Hall–Kier alpha value is -3.64. The van der Waals surface area contributed by atoms with Crippen LogP contribution >= 0.6 is 0 Å². The van der Waals surface area contributed by atoms with Crippen LogP contribution in [0.4, 0.5) is 5.69 Å². The zero-order valence-electron chi connectivity index (χ0n) is 24.6. The van der Waals surface area contributed by atoms with Crippen LogP contribution in [0.15, 0.2) is 78.9 Å². The van der Waals surface area contributed by atoms with Crippen LogP contribution in [-0.2, 0) is 19.9 Å². The van der Waals surface area contributed by atoms with E-state index >= 15 is 0 Å². The molecule has 3 aromatic carbocycles. The van der Waals surface area contributed by atoms with Gasteiger partial charge in [-0.3, -0.25) is 9.59 Å². The largest absolute Gasteiger partial charge is 0.444 e. The fourth-order valence-electron chi connectivity index (χ4n) is 6.29. The predicted molar refractivity (Wildman–Crippen MR) is 166 cm³/mol. The van der Waals surface area contributed by atoms with Gasteiger partial charge in [-0.05, 0) is 62.3 Å². The number of carbonyl (C=O) groups is 2. The SMILES string of the molecule is CNc1ccc(C(OC(=O)CC2(CC(=O)NCCCCCN)CCCC2)(c2ccccc2)c2ccccc2C)cc1. The molecule has 4 N–H and O–H groups in total. The van der Waals surface area contributed by atoms with E-state index in [9.17, 15) is 9.59 Å². The first-order valence-corrected chi connectivity index (χ1v) is 15.0. The number of benzene rings is 3. The number of amides is 1. The van der Waals surface area contributed by atoms with E-state index in [0.29, 0.717) is 19.5 Å². The monoisotopic (exact) mass is 555 g/mol. The molecule has 1 saturated carbocycles. The Morgan fingerprint density at radius 1 is 0.854 bits per heavy atom. The second kappa shape index (κ2) is 14.3. The van der Waals surface area contributed by atoms with E-state index in [4.69, 9.17) is 10.5 Å². The van der Waals surface area contributed by atoms with Crippen LogP contribution in [0.1, 0.15) is 80.0 Å². The van der Waals surface area contributed by atoms with Crippen LogP contribution in [0.25, 0.3) is 0 Å². The maximum atomic E-state index is 14.1. The highest BCUT2D eigenvalue weighted by Crippen LogP contribution is 2.47. The third-order valence-corrected chi connectivity index (χ3v) is 8.47. The molecule has 3 aromatic rings. The van der Waals surface area contributed by atoms with Crippen molar-refractivity contribution in [3.8, 4) is 0 Å². The van der Waals surface area contributed by atoms with Crippen molar-refractivity contribution < 1.29 is 14.3 Å². The zero-order chi connectivity index (χ0) is 29.1. The van der Waals surface area contributed by atoms with E-state index in [1.54, 1.807) is 0 Å². The van der Waals surface area contributed by atoms with Crippen molar-refractivity contribution in [1.82, 2.24) is 5.32 Å². The molecule has 6 nitrogen and oxygen atoms in total. The van der Waals surface area contributed by atoms with E-state index < -0.39 is 5.60 Å². The zero-order valence-corrected chi connectivity index (χ0v) is 24.6. The molecule has 1 atom stereocenters. The van der Waals surface area contributed by atoms with E-state index in [1.807, 2.05) is 79.8 Å². The van der Waals surface area contributed by atoms with Gasteiger partial charge >= 0.3 is 5.97 Å². The fourth-order valence-corrected chi connectivity index (χ4v) is 6.29. The molecule has 0 aliphatic heterocycles. The summed E-state index contributed by atoms with van der Waals surface area (Å²) >= 11 is 0. The molecule has 1 unspecified atom stereocenters. The number of nitrogens with two attached hydrogens (primary N) is 1. The van der Waals surface area contributed by atoms with Crippen LogP contribution in [-0.4, -0.2) is 32.0 Å². The van der Waals surface area contributed by atoms with Gasteiger partial charge < -0.3 is 21.1 Å². The highest BCUT2D eigenvalue weighted by molar-refractivity contribution is 5.79. The van der Waals surface area contributed by atoms with Crippen LogP contribution in [0, 0.1) is 12.3 Å². The lowest BCUT2D eigenvalue weighted by molar-refractivity contribution is -0.156. The van der Waals surface area contributed by atoms with Gasteiger partial charge in [0.2, 0.25) is 5.91 Å². The average Bonchev–Trinajstić information content (AvgIpc) is 3.44. The summed E-state index contributed by atoms with van der Waals surface area (Å²) < 4.78 is 6.74. The van der Waals surface area contributed by atoms with Gasteiger partial charge in [-0.15, -0.1) is 0 Å². The van der Waals surface area contributed by atoms with Crippen LogP contribution in [0.2, 0.25) is 0 Å². The molecule has 0 saturated heterocycles. The Morgan fingerprint density at radius 2 is 1.51 bits per heavy atom. The summed E-state index contributed by atoms with van der Waals surface area (Å²) in [4.78, 5) is 27.1. The summed E-state index contributed by atoms with van der Waals surface area (Å²) in [6, 6.07) is 26.2. The number of hydrogen-bond acceptors (Lipinski definition) is 5. The highest BCUT2D eigenvalue weighted by Gasteiger charge is 2.44. The lowest BCUT2D eigenvalue weighted by Crippen LogP contribution is -2.38. The Labute approximate surface area is 245 Å². The molecule has 1 aliphatic rings. The van der Waals surface area contributed by atoms with Gasteiger partial charge in [-0.1, -0.05) is 86.0 Å². The number of hydrogen-bond donors (Lipinski definition) is 3. The number of aryl methyl sites for hydroxylation is 1. The Bertz CT molecular complexity index is 1270. The van der Waals surface area contributed by atoms with Gasteiger partial charge in [-0.2, -0.15) is 0 Å². The van der Waals surface area contributed by atoms with Crippen LogP contribution in [0.3, 0.4) is 0 Å². The minimum Gasteiger partial charge on any atom is -0.444 e. The van der Waals surface area contributed by atoms with Gasteiger partial charge in [0, 0.05) is 42.4 Å². The summed E-state index contributed by atoms with van der Waals surface area (Å²) in [5, 5.41) is 6.25. The number of carbonyl (C=O) groups excluding carboxylic acids is 2. The third-order valence-electron chi connectivity index (χ3n) is 8.47. The Balaban J connectivity index is 1.66. The summed E-state index contributed by atoms with van der Waals surface area (Å²) in [6.45, 7) is 3.37. The molecule has 6 heteroatoms. The highest BCUT2D eigenvalue weighted by atomic mass is 16.6. The molecule has 0 bridgehead atoms. The molecule has 1 fully saturated rings. The van der Waals surface area contributed by atoms with Crippen LogP contribution in [0.5, 0.6) is 0 Å². The number of ether oxygens (including phenoxy) is 1. The minimum atomic E-state index is -1.14. The van der Waals surface area contributed by atoms with Crippen molar-refractivity contribution in [3.05, 3.63) is 101 Å². The molecule has 1 aliphatic carbocycles. The standard InChI is InChI=1S/C35H45N3O3/c1-27-13-7-8-16-31(27)35(28-14-5-3-6-15-28,29-17-19-30(37-2)20-18-29)41-33(40)26-34(21-9-10-22-34)25-32(39)38-24-12-4-11-23-36/h3,5-8,13-20,37H,4,9-12,21-26,36H2,1-2H3,(H,38,39). The molecule has 1 amide bonds. The number of unbranched alkanes of at least 4 members (excludes halogenated alkanes) is 2. The topological polar surface area (TPSA) is 93.4 Å². The second-order valence-electron chi connectivity index (χ2n) is 11.4.